The fourth-order valence-corrected chi connectivity index (χ4v) is 15.6. The molecular weight excluding hydrogens is 725 g/mol. The molecule has 12 nitrogen and oxygen atoms in total. The first-order valence-corrected chi connectivity index (χ1v) is 19.8. The molecule has 0 heterocycles. The molecule has 0 spiro atoms. The lowest BCUT2D eigenvalue weighted by molar-refractivity contribution is 0.326. The Hall–Kier alpha value is -5.04. The van der Waals surface area contributed by atoms with Crippen LogP contribution in [0.5, 0.6) is 69.0 Å². The average molecular weight is 783 g/mol. The number of hydrogen-bond donors (Lipinski definition) is 0. The summed E-state index contributed by atoms with van der Waals surface area (Å²) >= 11 is 0. The molecule has 0 unspecified atom stereocenters. The van der Waals surface area contributed by atoms with Gasteiger partial charge in [-0.25, -0.2) is 0 Å². The van der Waals surface area contributed by atoms with Crippen LogP contribution in [0.4, 0.5) is 0 Å². The number of allylic oxidation sites excluding steroid dienone is 4. The lowest BCUT2D eigenvalue weighted by Gasteiger charge is -2.45. The van der Waals surface area contributed by atoms with Crippen LogP contribution < -0.4 is 72.4 Å². The second kappa shape index (κ2) is 16.8. The molecule has 0 aliphatic heterocycles. The van der Waals surface area contributed by atoms with Crippen LogP contribution in [0.3, 0.4) is 0 Å². The van der Waals surface area contributed by atoms with Crippen molar-refractivity contribution in [3.05, 3.63) is 39.0 Å². The molecule has 1 aliphatic carbocycles. The standard InChI is InChI=1S/C42H58O12Si/c1-20-21(2)23(4)39(22(20)3)55(40-33(49-14)27(43-8)24(5)28(44-9)34(40)50-15,41-35(51-16)29(45-10)25(6)30(46-11)36(41)52-17)42-37(53-18)31(47-12)26(7)32(48-13)38(42)54-19/h39H,1-19H3. The maximum absolute atomic E-state index is 6.54. The van der Waals surface area contributed by atoms with Gasteiger partial charge in [0.05, 0.1) is 85.3 Å². The monoisotopic (exact) mass is 782 g/mol. The highest BCUT2D eigenvalue weighted by Gasteiger charge is 2.62. The van der Waals surface area contributed by atoms with Crippen LogP contribution in [0, 0.1) is 20.8 Å². The molecule has 0 saturated heterocycles. The Morgan fingerprint density at radius 3 is 0.582 bits per heavy atom. The summed E-state index contributed by atoms with van der Waals surface area (Å²) in [6.07, 6.45) is 0. The molecule has 0 amide bonds. The van der Waals surface area contributed by atoms with Gasteiger partial charge in [0, 0.05) is 37.8 Å². The van der Waals surface area contributed by atoms with Crippen molar-refractivity contribution in [2.45, 2.75) is 54.0 Å². The normalized spacial score (nSPS) is 13.1. The van der Waals surface area contributed by atoms with Gasteiger partial charge in [0.15, 0.2) is 77.1 Å². The van der Waals surface area contributed by atoms with Crippen molar-refractivity contribution in [3.8, 4) is 69.0 Å². The lowest BCUT2D eigenvalue weighted by atomic mass is 10.1. The van der Waals surface area contributed by atoms with Crippen molar-refractivity contribution in [2.75, 3.05) is 85.3 Å². The molecule has 0 aromatic heterocycles. The van der Waals surface area contributed by atoms with Crippen molar-refractivity contribution in [2.24, 2.45) is 0 Å². The van der Waals surface area contributed by atoms with Gasteiger partial charge in [-0.3, -0.25) is 0 Å². The summed E-state index contributed by atoms with van der Waals surface area (Å²) in [5, 5.41) is 1.83. The minimum Gasteiger partial charge on any atom is -0.493 e. The van der Waals surface area contributed by atoms with E-state index in [-0.39, 0.29) is 0 Å². The Morgan fingerprint density at radius 2 is 0.436 bits per heavy atom. The molecule has 3 aromatic rings. The molecule has 0 radical (unpaired) electrons. The number of methoxy groups -OCH3 is 12. The van der Waals surface area contributed by atoms with Crippen molar-refractivity contribution in [1.82, 2.24) is 0 Å². The SMILES string of the molecule is COc1c(C)c(OC)c(OC)c([Si](c2c(OC)c(OC)c(C)c(OC)c2OC)(c2c(OC)c(OC)c(C)c(OC)c2OC)C2C(C)=C(C)C(C)=C2C)c1OC. The Bertz CT molecular complexity index is 1720. The highest BCUT2D eigenvalue weighted by atomic mass is 28.3. The predicted molar refractivity (Wildman–Crippen MR) is 217 cm³/mol. The molecule has 0 fully saturated rings. The van der Waals surface area contributed by atoms with Gasteiger partial charge in [-0.2, -0.15) is 0 Å². The molecule has 1 aliphatic rings. The van der Waals surface area contributed by atoms with Crippen LogP contribution in [-0.4, -0.2) is 93.4 Å². The van der Waals surface area contributed by atoms with E-state index in [9.17, 15) is 0 Å². The van der Waals surface area contributed by atoms with Crippen LogP contribution in [-0.2, 0) is 0 Å². The van der Waals surface area contributed by atoms with Crippen molar-refractivity contribution < 1.29 is 56.8 Å². The maximum Gasteiger partial charge on any atom is 0.188 e. The Labute approximate surface area is 327 Å². The molecule has 4 rings (SSSR count). The number of hydrogen-bond acceptors (Lipinski definition) is 12. The molecule has 3 aromatic carbocycles. The van der Waals surface area contributed by atoms with E-state index in [1.54, 1.807) is 85.3 Å². The van der Waals surface area contributed by atoms with E-state index in [1.807, 2.05) is 20.8 Å². The lowest BCUT2D eigenvalue weighted by Crippen LogP contribution is -2.71. The van der Waals surface area contributed by atoms with Crippen LogP contribution >= 0.6 is 0 Å². The predicted octanol–water partition coefficient (Wildman–Crippen LogP) is 6.24. The first kappa shape index (κ1) is 42.7. The molecule has 13 heteroatoms. The fraction of sp³-hybridized carbons (Fsp3) is 0.476. The second-order valence-electron chi connectivity index (χ2n) is 13.3. The van der Waals surface area contributed by atoms with Crippen molar-refractivity contribution in [3.63, 3.8) is 0 Å². The maximum atomic E-state index is 6.54. The first-order valence-electron chi connectivity index (χ1n) is 17.7. The minimum atomic E-state index is -4.29. The van der Waals surface area contributed by atoms with Gasteiger partial charge >= 0.3 is 0 Å². The van der Waals surface area contributed by atoms with E-state index < -0.39 is 13.6 Å². The molecule has 55 heavy (non-hydrogen) atoms. The van der Waals surface area contributed by atoms with Gasteiger partial charge in [0.2, 0.25) is 0 Å². The zero-order chi connectivity index (χ0) is 41.3. The molecule has 0 bridgehead atoms. The number of benzene rings is 3. The van der Waals surface area contributed by atoms with Crippen molar-refractivity contribution >= 4 is 23.6 Å². The number of rotatable bonds is 16. The van der Waals surface area contributed by atoms with Crippen LogP contribution in [0.15, 0.2) is 22.3 Å². The molecular formula is C42H58O12Si. The molecule has 0 atom stereocenters. The Balaban J connectivity index is 2.83. The van der Waals surface area contributed by atoms with Gasteiger partial charge in [0.25, 0.3) is 0 Å². The van der Waals surface area contributed by atoms with E-state index in [0.717, 1.165) is 22.3 Å². The van der Waals surface area contributed by atoms with Crippen molar-refractivity contribution in [1.29, 1.82) is 0 Å². The van der Waals surface area contributed by atoms with Gasteiger partial charge in [-0.15, -0.1) is 0 Å². The van der Waals surface area contributed by atoms with Crippen LogP contribution in [0.25, 0.3) is 0 Å². The summed E-state index contributed by atoms with van der Waals surface area (Å²) in [4.78, 5) is 0. The number of ether oxygens (including phenoxy) is 12. The average Bonchev–Trinajstić information content (AvgIpc) is 3.38. The summed E-state index contributed by atoms with van der Waals surface area (Å²) in [5.74, 6) is 5.04. The third kappa shape index (κ3) is 5.93. The minimum absolute atomic E-state index is 0.400. The topological polar surface area (TPSA) is 111 Å². The van der Waals surface area contributed by atoms with Gasteiger partial charge in [-0.05, 0) is 59.6 Å². The summed E-state index contributed by atoms with van der Waals surface area (Å²) in [6, 6.07) is 0. The third-order valence-corrected chi connectivity index (χ3v) is 16.8. The van der Waals surface area contributed by atoms with E-state index >= 15 is 0 Å². The van der Waals surface area contributed by atoms with E-state index in [0.29, 0.717) is 101 Å². The summed E-state index contributed by atoms with van der Waals surface area (Å²) in [6.45, 7) is 14.2. The summed E-state index contributed by atoms with van der Waals surface area (Å²) < 4.78 is 76.7. The highest BCUT2D eigenvalue weighted by molar-refractivity contribution is 7.15. The Kier molecular flexibility index (Phi) is 13.0. The third-order valence-electron chi connectivity index (χ3n) is 11.3. The largest absolute Gasteiger partial charge is 0.493 e. The van der Waals surface area contributed by atoms with Gasteiger partial charge in [0.1, 0.15) is 0 Å². The van der Waals surface area contributed by atoms with Crippen LogP contribution in [0.2, 0.25) is 5.54 Å². The Morgan fingerprint density at radius 1 is 0.273 bits per heavy atom. The second-order valence-corrected chi connectivity index (χ2v) is 16.9. The van der Waals surface area contributed by atoms with E-state index in [4.69, 9.17) is 56.8 Å². The fourth-order valence-electron chi connectivity index (χ4n) is 8.85. The zero-order valence-electron chi connectivity index (χ0n) is 36.0. The molecule has 0 N–H and O–H groups in total. The highest BCUT2D eigenvalue weighted by Crippen LogP contribution is 2.57. The van der Waals surface area contributed by atoms with E-state index in [1.165, 1.54) is 0 Å². The quantitative estimate of drug-likeness (QED) is 0.121. The smallest absolute Gasteiger partial charge is 0.188 e. The van der Waals surface area contributed by atoms with Crippen LogP contribution in [0.1, 0.15) is 44.4 Å². The van der Waals surface area contributed by atoms with E-state index in [2.05, 4.69) is 27.7 Å². The summed E-state index contributed by atoms with van der Waals surface area (Å²) in [5.41, 5.74) is 5.96. The van der Waals surface area contributed by atoms with Gasteiger partial charge in [-0.1, -0.05) is 11.1 Å². The molecule has 302 valence electrons. The summed E-state index contributed by atoms with van der Waals surface area (Å²) in [7, 11) is 15.0. The zero-order valence-corrected chi connectivity index (χ0v) is 37.0. The first-order chi connectivity index (χ1) is 26.2. The molecule has 0 saturated carbocycles. The van der Waals surface area contributed by atoms with Gasteiger partial charge < -0.3 is 56.8 Å².